The predicted octanol–water partition coefficient (Wildman–Crippen LogP) is 4.45. The van der Waals surface area contributed by atoms with Crippen molar-refractivity contribution >= 4 is 36.4 Å². The van der Waals surface area contributed by atoms with E-state index in [0.717, 1.165) is 25.7 Å². The van der Waals surface area contributed by atoms with Gasteiger partial charge in [0.05, 0.1) is 13.1 Å². The zero-order chi connectivity index (χ0) is 19.9. The van der Waals surface area contributed by atoms with E-state index in [9.17, 15) is 13.2 Å². The molecular formula is C19H25Cl3F3N5. The number of rotatable bonds is 3. The molecular weight excluding hydrogens is 462 g/mol. The van der Waals surface area contributed by atoms with Gasteiger partial charge in [-0.05, 0) is 43.4 Å². The fourth-order valence-corrected chi connectivity index (χ4v) is 4.73. The van der Waals surface area contributed by atoms with Crippen molar-refractivity contribution in [3.8, 4) is 0 Å². The summed E-state index contributed by atoms with van der Waals surface area (Å²) in [6.45, 7) is 2.08. The Morgan fingerprint density at radius 3 is 2.47 bits per heavy atom. The first-order chi connectivity index (χ1) is 13.3. The number of fused-ring (bicyclic) bond motifs is 1. The molecule has 1 saturated carbocycles. The zero-order valence-corrected chi connectivity index (χ0v) is 18.6. The number of aromatic nitrogens is 3. The van der Waals surface area contributed by atoms with Gasteiger partial charge < -0.3 is 5.73 Å². The van der Waals surface area contributed by atoms with Crippen molar-refractivity contribution in [1.82, 2.24) is 19.7 Å². The van der Waals surface area contributed by atoms with Crippen molar-refractivity contribution in [2.45, 2.75) is 56.4 Å². The molecule has 1 fully saturated rings. The first kappa shape index (κ1) is 25.2. The highest BCUT2D eigenvalue weighted by atomic mass is 35.5. The summed E-state index contributed by atoms with van der Waals surface area (Å²) in [4.78, 5) is 5.96. The fourth-order valence-electron chi connectivity index (χ4n) is 4.54. The number of hydrogen-bond acceptors (Lipinski definition) is 4. The lowest BCUT2D eigenvalue weighted by atomic mass is 9.68. The van der Waals surface area contributed by atoms with Crippen LogP contribution in [-0.4, -0.2) is 38.8 Å². The van der Waals surface area contributed by atoms with Gasteiger partial charge in [0.1, 0.15) is 5.82 Å². The predicted molar refractivity (Wildman–Crippen MR) is 114 cm³/mol. The van der Waals surface area contributed by atoms with Crippen LogP contribution in [0.15, 0.2) is 24.3 Å². The van der Waals surface area contributed by atoms with Crippen LogP contribution in [0, 0.1) is 0 Å². The van der Waals surface area contributed by atoms with Crippen LogP contribution in [0.25, 0.3) is 0 Å². The van der Waals surface area contributed by atoms with Crippen LogP contribution in [0.5, 0.6) is 0 Å². The largest absolute Gasteiger partial charge is 0.453 e. The van der Waals surface area contributed by atoms with Crippen molar-refractivity contribution in [1.29, 1.82) is 0 Å². The number of nitrogens with zero attached hydrogens (tertiary/aromatic N) is 4. The molecule has 2 heterocycles. The van der Waals surface area contributed by atoms with E-state index in [0.29, 0.717) is 43.1 Å². The van der Waals surface area contributed by atoms with E-state index in [1.807, 2.05) is 18.2 Å². The van der Waals surface area contributed by atoms with Gasteiger partial charge in [-0.3, -0.25) is 4.90 Å². The second kappa shape index (κ2) is 9.61. The van der Waals surface area contributed by atoms with Crippen molar-refractivity contribution in [2.75, 3.05) is 13.1 Å². The molecule has 0 bridgehead atoms. The van der Waals surface area contributed by atoms with Gasteiger partial charge in [0, 0.05) is 29.6 Å². The van der Waals surface area contributed by atoms with E-state index in [2.05, 4.69) is 21.0 Å². The second-order valence-electron chi connectivity index (χ2n) is 7.77. The summed E-state index contributed by atoms with van der Waals surface area (Å²) in [5, 5.41) is 4.32. The lowest BCUT2D eigenvalue weighted by molar-refractivity contribution is -0.145. The molecule has 0 radical (unpaired) electrons. The molecule has 5 nitrogen and oxygen atoms in total. The first-order valence-corrected chi connectivity index (χ1v) is 9.90. The SMILES string of the molecule is Cl.Cl.NC[C@]1(c2cccc(Cl)c2)CC[C@@H](N2CCn3nc(C(F)(F)F)nc3C2)CC1. The third-order valence-electron chi connectivity index (χ3n) is 6.20. The summed E-state index contributed by atoms with van der Waals surface area (Å²) >= 11 is 6.17. The number of benzene rings is 1. The molecule has 168 valence electrons. The number of nitrogens with two attached hydrogens (primary N) is 1. The summed E-state index contributed by atoms with van der Waals surface area (Å²) in [6.07, 6.45) is -0.733. The van der Waals surface area contributed by atoms with Gasteiger partial charge in [-0.15, -0.1) is 29.9 Å². The minimum absolute atomic E-state index is 0. The monoisotopic (exact) mass is 485 g/mol. The summed E-state index contributed by atoms with van der Waals surface area (Å²) in [5.74, 6) is -0.653. The Morgan fingerprint density at radius 2 is 1.87 bits per heavy atom. The van der Waals surface area contributed by atoms with Crippen LogP contribution in [0.2, 0.25) is 5.02 Å². The van der Waals surface area contributed by atoms with E-state index in [1.54, 1.807) is 0 Å². The summed E-state index contributed by atoms with van der Waals surface area (Å²) in [5.41, 5.74) is 7.26. The van der Waals surface area contributed by atoms with Crippen molar-refractivity contribution in [3.05, 3.63) is 46.5 Å². The number of halogens is 6. The molecule has 1 aromatic carbocycles. The maximum atomic E-state index is 12.9. The molecule has 0 atom stereocenters. The van der Waals surface area contributed by atoms with Crippen LogP contribution in [0.4, 0.5) is 13.2 Å². The van der Waals surface area contributed by atoms with Crippen molar-refractivity contribution in [2.24, 2.45) is 5.73 Å². The number of alkyl halides is 3. The van der Waals surface area contributed by atoms with E-state index < -0.39 is 12.0 Å². The molecule has 1 aromatic heterocycles. The molecule has 0 saturated heterocycles. The van der Waals surface area contributed by atoms with Crippen LogP contribution < -0.4 is 5.73 Å². The molecule has 4 rings (SSSR count). The van der Waals surface area contributed by atoms with Gasteiger partial charge in [0.25, 0.3) is 5.82 Å². The Bertz CT molecular complexity index is 850. The summed E-state index contributed by atoms with van der Waals surface area (Å²) < 4.78 is 40.0. The molecule has 30 heavy (non-hydrogen) atoms. The van der Waals surface area contributed by atoms with Crippen molar-refractivity contribution < 1.29 is 13.2 Å². The lowest BCUT2D eigenvalue weighted by Crippen LogP contribution is -2.47. The average Bonchev–Trinajstić information content (AvgIpc) is 3.12. The Hall–Kier alpha value is -1.06. The van der Waals surface area contributed by atoms with E-state index in [4.69, 9.17) is 17.3 Å². The molecule has 1 aliphatic carbocycles. The molecule has 11 heteroatoms. The molecule has 0 spiro atoms. The highest BCUT2D eigenvalue weighted by Crippen LogP contribution is 2.41. The third kappa shape index (κ3) is 4.88. The van der Waals surface area contributed by atoms with E-state index >= 15 is 0 Å². The maximum absolute atomic E-state index is 12.9. The topological polar surface area (TPSA) is 60.0 Å². The maximum Gasteiger partial charge on any atom is 0.453 e. The quantitative estimate of drug-likeness (QED) is 0.696. The normalized spacial score (nSPS) is 24.5. The zero-order valence-electron chi connectivity index (χ0n) is 16.2. The van der Waals surface area contributed by atoms with Crippen LogP contribution in [0.3, 0.4) is 0 Å². The highest BCUT2D eigenvalue weighted by molar-refractivity contribution is 6.30. The number of hydrogen-bond donors (Lipinski definition) is 1. The summed E-state index contributed by atoms with van der Waals surface area (Å²) in [6, 6.07) is 8.22. The molecule has 2 aliphatic rings. The summed E-state index contributed by atoms with van der Waals surface area (Å²) in [7, 11) is 0. The van der Waals surface area contributed by atoms with Gasteiger partial charge in [0.2, 0.25) is 0 Å². The fraction of sp³-hybridized carbons (Fsp3) is 0.579. The van der Waals surface area contributed by atoms with Gasteiger partial charge in [-0.1, -0.05) is 23.7 Å². The van der Waals surface area contributed by atoms with Gasteiger partial charge in [0.15, 0.2) is 0 Å². The first-order valence-electron chi connectivity index (χ1n) is 9.52. The highest BCUT2D eigenvalue weighted by Gasteiger charge is 2.40. The standard InChI is InChI=1S/C19H23ClF3N5.2ClH/c20-14-3-1-2-13(10-14)18(12-24)6-4-15(5-7-18)27-8-9-28-16(11-27)25-17(26-28)19(21,22)23;;/h1-3,10,15H,4-9,11-12,24H2;2*1H/t15-,18+;;. The van der Waals surface area contributed by atoms with Crippen molar-refractivity contribution in [3.63, 3.8) is 0 Å². The Kier molecular flexibility index (Phi) is 8.07. The smallest absolute Gasteiger partial charge is 0.330 e. The molecule has 1 aliphatic heterocycles. The Labute approximate surface area is 191 Å². The Morgan fingerprint density at radius 1 is 1.17 bits per heavy atom. The van der Waals surface area contributed by atoms with Crippen LogP contribution in [-0.2, 0) is 24.7 Å². The lowest BCUT2D eigenvalue weighted by Gasteiger charge is -2.44. The van der Waals surface area contributed by atoms with Gasteiger partial charge >= 0.3 is 6.18 Å². The van der Waals surface area contributed by atoms with Crippen LogP contribution >= 0.6 is 36.4 Å². The second-order valence-corrected chi connectivity index (χ2v) is 8.21. The minimum Gasteiger partial charge on any atom is -0.330 e. The van der Waals surface area contributed by atoms with Gasteiger partial charge in [-0.25, -0.2) is 9.67 Å². The molecule has 2 aromatic rings. The van der Waals surface area contributed by atoms with E-state index in [-0.39, 0.29) is 30.2 Å². The molecule has 0 amide bonds. The third-order valence-corrected chi connectivity index (χ3v) is 6.44. The molecule has 0 unspecified atom stereocenters. The van der Waals surface area contributed by atoms with Gasteiger partial charge in [-0.2, -0.15) is 13.2 Å². The van der Waals surface area contributed by atoms with Crippen LogP contribution in [0.1, 0.15) is 42.9 Å². The average molecular weight is 487 g/mol. The minimum atomic E-state index is -4.50. The van der Waals surface area contributed by atoms with E-state index in [1.165, 1.54) is 10.2 Å². The molecule has 2 N–H and O–H groups in total. The Balaban J connectivity index is 0.00000160.